The zero-order chi connectivity index (χ0) is 41.0. The van der Waals surface area contributed by atoms with E-state index in [0.29, 0.717) is 17.6 Å². The molecule has 0 amide bonds. The summed E-state index contributed by atoms with van der Waals surface area (Å²) in [6.45, 7) is 0. The molecule has 0 aliphatic carbocycles. The Morgan fingerprint density at radius 2 is 0.774 bits per heavy atom. The Morgan fingerprint density at radius 1 is 0.290 bits per heavy atom. The molecule has 290 valence electrons. The summed E-state index contributed by atoms with van der Waals surface area (Å²) in [5, 5.41) is 4.64. The summed E-state index contributed by atoms with van der Waals surface area (Å²) in [6, 6.07) is 79.2. The summed E-state index contributed by atoms with van der Waals surface area (Å²) in [5.74, 6) is 1.76. The fourth-order valence-electron chi connectivity index (χ4n) is 9.16. The van der Waals surface area contributed by atoms with E-state index in [1.807, 2.05) is 12.1 Å². The molecule has 0 unspecified atom stereocenters. The monoisotopic (exact) mass is 791 g/mol. The standard InChI is InChI=1S/C57H37N5/c1-4-18-38(19-5-1)41-24-16-26-43(36-41)55-58-56(44-27-17-25-42(37-44)39-20-6-2-7-21-39)60-57(59-55)62-51-33-15-12-30-48(51)53-52(62)35-34-47-46-29-11-14-32-50(46)61(54(47)53)49-31-13-10-28-45(49)40-22-8-3-9-23-40/h1-37H. The molecule has 0 radical (unpaired) electrons. The molecule has 3 aromatic heterocycles. The largest absolute Gasteiger partial charge is 0.308 e. The van der Waals surface area contributed by atoms with Gasteiger partial charge in [0.1, 0.15) is 0 Å². The van der Waals surface area contributed by atoms with E-state index in [1.165, 1.54) is 21.9 Å². The number of hydrogen-bond acceptors (Lipinski definition) is 3. The van der Waals surface area contributed by atoms with E-state index in [1.54, 1.807) is 0 Å². The average molecular weight is 792 g/mol. The minimum absolute atomic E-state index is 0.554. The molecule has 0 N–H and O–H groups in total. The Morgan fingerprint density at radius 3 is 1.40 bits per heavy atom. The van der Waals surface area contributed by atoms with Gasteiger partial charge in [-0.1, -0.05) is 188 Å². The Balaban J connectivity index is 1.15. The van der Waals surface area contributed by atoms with Gasteiger partial charge in [0.05, 0.1) is 27.8 Å². The van der Waals surface area contributed by atoms with E-state index >= 15 is 0 Å². The van der Waals surface area contributed by atoms with Crippen molar-refractivity contribution in [1.29, 1.82) is 0 Å². The minimum Gasteiger partial charge on any atom is -0.308 e. The Bertz CT molecular complexity index is 3520. The van der Waals surface area contributed by atoms with Crippen LogP contribution < -0.4 is 0 Å². The second-order valence-electron chi connectivity index (χ2n) is 15.6. The van der Waals surface area contributed by atoms with Crippen molar-refractivity contribution in [3.05, 3.63) is 224 Å². The van der Waals surface area contributed by atoms with Gasteiger partial charge in [0, 0.05) is 38.2 Å². The van der Waals surface area contributed by atoms with Gasteiger partial charge in [-0.25, -0.2) is 4.98 Å². The predicted octanol–water partition coefficient (Wildman–Crippen LogP) is 14.4. The molecule has 0 saturated heterocycles. The zero-order valence-corrected chi connectivity index (χ0v) is 33.6. The van der Waals surface area contributed by atoms with Crippen LogP contribution in [0.15, 0.2) is 224 Å². The van der Waals surface area contributed by atoms with Gasteiger partial charge in [0.25, 0.3) is 0 Å². The highest BCUT2D eigenvalue weighted by molar-refractivity contribution is 6.26. The number of hydrogen-bond donors (Lipinski definition) is 0. The lowest BCUT2D eigenvalue weighted by atomic mass is 10.0. The lowest BCUT2D eigenvalue weighted by Crippen LogP contribution is -2.06. The molecule has 9 aromatic carbocycles. The summed E-state index contributed by atoms with van der Waals surface area (Å²) in [7, 11) is 0. The third kappa shape index (κ3) is 5.90. The lowest BCUT2D eigenvalue weighted by Gasteiger charge is -2.15. The molecule has 5 nitrogen and oxygen atoms in total. The first-order valence-electron chi connectivity index (χ1n) is 21.0. The molecular formula is C57H37N5. The van der Waals surface area contributed by atoms with Crippen molar-refractivity contribution in [3.8, 4) is 67.8 Å². The molecule has 5 heteroatoms. The van der Waals surface area contributed by atoms with Crippen LogP contribution in [0.5, 0.6) is 0 Å². The number of benzene rings is 9. The smallest absolute Gasteiger partial charge is 0.238 e. The number of fused-ring (bicyclic) bond motifs is 7. The summed E-state index contributed by atoms with van der Waals surface area (Å²) < 4.78 is 4.69. The normalized spacial score (nSPS) is 11.5. The molecule has 0 fully saturated rings. The van der Waals surface area contributed by atoms with Crippen LogP contribution >= 0.6 is 0 Å². The number of nitrogens with zero attached hydrogens (tertiary/aromatic N) is 5. The van der Waals surface area contributed by atoms with Gasteiger partial charge in [-0.2, -0.15) is 9.97 Å². The van der Waals surface area contributed by atoms with Gasteiger partial charge in [-0.05, 0) is 64.2 Å². The first-order valence-corrected chi connectivity index (χ1v) is 21.0. The van der Waals surface area contributed by atoms with E-state index in [2.05, 4.69) is 221 Å². The lowest BCUT2D eigenvalue weighted by molar-refractivity contribution is 0.953. The number of para-hydroxylation sites is 3. The Hall–Kier alpha value is -8.41. The molecule has 12 rings (SSSR count). The van der Waals surface area contributed by atoms with Gasteiger partial charge < -0.3 is 4.57 Å². The molecule has 0 aliphatic rings. The SMILES string of the molecule is c1ccc(-c2cccc(-c3nc(-c4cccc(-c5ccccc5)c4)nc(-n4c5ccccc5c5c4ccc4c6ccccc6n(-c6ccccc6-c6ccccc6)c45)n3)c2)cc1. The first-order chi connectivity index (χ1) is 30.8. The quantitative estimate of drug-likeness (QED) is 0.162. The van der Waals surface area contributed by atoms with E-state index in [9.17, 15) is 0 Å². The third-order valence-electron chi connectivity index (χ3n) is 12.0. The van der Waals surface area contributed by atoms with Crippen LogP contribution in [0.2, 0.25) is 0 Å². The number of aromatic nitrogens is 5. The van der Waals surface area contributed by atoms with Crippen molar-refractivity contribution in [2.75, 3.05) is 0 Å². The predicted molar refractivity (Wildman–Crippen MR) is 256 cm³/mol. The van der Waals surface area contributed by atoms with Crippen LogP contribution in [0.3, 0.4) is 0 Å². The zero-order valence-electron chi connectivity index (χ0n) is 33.6. The van der Waals surface area contributed by atoms with E-state index < -0.39 is 0 Å². The van der Waals surface area contributed by atoms with E-state index in [-0.39, 0.29) is 0 Å². The van der Waals surface area contributed by atoms with Crippen LogP contribution in [-0.4, -0.2) is 24.1 Å². The second-order valence-corrected chi connectivity index (χ2v) is 15.6. The Labute approximate surface area is 358 Å². The van der Waals surface area contributed by atoms with Crippen LogP contribution in [0.1, 0.15) is 0 Å². The second kappa shape index (κ2) is 14.7. The summed E-state index contributed by atoms with van der Waals surface area (Å²) >= 11 is 0. The summed E-state index contributed by atoms with van der Waals surface area (Å²) in [5.41, 5.74) is 14.1. The molecule has 12 aromatic rings. The van der Waals surface area contributed by atoms with Crippen LogP contribution in [-0.2, 0) is 0 Å². The topological polar surface area (TPSA) is 48.5 Å². The highest BCUT2D eigenvalue weighted by Crippen LogP contribution is 2.43. The maximum absolute atomic E-state index is 5.38. The van der Waals surface area contributed by atoms with Crippen molar-refractivity contribution < 1.29 is 0 Å². The molecule has 3 heterocycles. The van der Waals surface area contributed by atoms with Gasteiger partial charge in [-0.15, -0.1) is 0 Å². The summed E-state index contributed by atoms with van der Waals surface area (Å²) in [6.07, 6.45) is 0. The van der Waals surface area contributed by atoms with Crippen LogP contribution in [0, 0.1) is 0 Å². The first kappa shape index (κ1) is 35.5. The molecule has 0 aliphatic heterocycles. The van der Waals surface area contributed by atoms with Gasteiger partial charge >= 0.3 is 0 Å². The molecule has 0 saturated carbocycles. The van der Waals surface area contributed by atoms with E-state index in [0.717, 1.165) is 71.9 Å². The van der Waals surface area contributed by atoms with Crippen LogP contribution in [0.25, 0.3) is 111 Å². The highest BCUT2D eigenvalue weighted by Gasteiger charge is 2.24. The molecule has 62 heavy (non-hydrogen) atoms. The van der Waals surface area contributed by atoms with Crippen molar-refractivity contribution in [2.45, 2.75) is 0 Å². The molecule has 0 spiro atoms. The average Bonchev–Trinajstić information content (AvgIpc) is 3.88. The number of rotatable bonds is 7. The van der Waals surface area contributed by atoms with Gasteiger partial charge in [-0.3, -0.25) is 4.57 Å². The Kier molecular flexibility index (Phi) is 8.42. The fourth-order valence-corrected chi connectivity index (χ4v) is 9.16. The maximum Gasteiger partial charge on any atom is 0.238 e. The highest BCUT2D eigenvalue weighted by atomic mass is 15.2. The fraction of sp³-hybridized carbons (Fsp3) is 0. The van der Waals surface area contributed by atoms with Gasteiger partial charge in [0.15, 0.2) is 11.6 Å². The van der Waals surface area contributed by atoms with Crippen molar-refractivity contribution in [1.82, 2.24) is 24.1 Å². The molecular weight excluding hydrogens is 755 g/mol. The van der Waals surface area contributed by atoms with Gasteiger partial charge in [0.2, 0.25) is 5.95 Å². The summed E-state index contributed by atoms with van der Waals surface area (Å²) in [4.78, 5) is 16.0. The molecule has 0 bridgehead atoms. The third-order valence-corrected chi connectivity index (χ3v) is 12.0. The van der Waals surface area contributed by atoms with Crippen LogP contribution in [0.4, 0.5) is 0 Å². The maximum atomic E-state index is 5.38. The minimum atomic E-state index is 0.554. The molecule has 0 atom stereocenters. The van der Waals surface area contributed by atoms with Crippen molar-refractivity contribution in [2.24, 2.45) is 0 Å². The van der Waals surface area contributed by atoms with E-state index in [4.69, 9.17) is 15.0 Å². The van der Waals surface area contributed by atoms with Crippen molar-refractivity contribution >= 4 is 43.6 Å². The van der Waals surface area contributed by atoms with Crippen molar-refractivity contribution in [3.63, 3.8) is 0 Å².